The number of unbranched alkanes of at least 4 members (excludes halogenated alkanes) is 1. The minimum Gasteiger partial charge on any atom is -0.480 e. The van der Waals surface area contributed by atoms with Crippen LogP contribution >= 0.6 is 0 Å². The first kappa shape index (κ1) is 14.3. The molecule has 0 aliphatic rings. The minimum absolute atomic E-state index is 0.0849. The molecule has 0 saturated heterocycles. The summed E-state index contributed by atoms with van der Waals surface area (Å²) in [6.45, 7) is 4.34. The second-order valence-corrected chi connectivity index (χ2v) is 4.64. The molecule has 0 radical (unpaired) electrons. The van der Waals surface area contributed by atoms with Crippen LogP contribution < -0.4 is 4.74 Å². The first-order valence-electron chi connectivity index (χ1n) is 6.85. The first-order valence-corrected chi connectivity index (χ1v) is 6.85. The number of fused-ring (bicyclic) bond motifs is 1. The molecule has 0 aliphatic carbocycles. The molecule has 0 unspecified atom stereocenters. The number of carbonyl (C=O) groups is 1. The van der Waals surface area contributed by atoms with Crippen LogP contribution in [0.4, 0.5) is 0 Å². The molecular weight excluding hydrogens is 254 g/mol. The monoisotopic (exact) mass is 273 g/mol. The van der Waals surface area contributed by atoms with Crippen LogP contribution in [0.15, 0.2) is 30.3 Å². The number of hydrogen-bond acceptors (Lipinski definition) is 4. The van der Waals surface area contributed by atoms with Crippen LogP contribution in [0, 0.1) is 6.92 Å². The maximum atomic E-state index is 11.5. The maximum absolute atomic E-state index is 11.5. The van der Waals surface area contributed by atoms with E-state index < -0.39 is 0 Å². The molecule has 0 atom stereocenters. The lowest BCUT2D eigenvalue weighted by Gasteiger charge is -2.09. The van der Waals surface area contributed by atoms with Gasteiger partial charge < -0.3 is 9.47 Å². The lowest BCUT2D eigenvalue weighted by molar-refractivity contribution is -0.146. The summed E-state index contributed by atoms with van der Waals surface area (Å²) in [5, 5.41) is 0.993. The molecule has 20 heavy (non-hydrogen) atoms. The van der Waals surface area contributed by atoms with Crippen molar-refractivity contribution in [3.8, 4) is 5.75 Å². The Morgan fingerprint density at radius 1 is 1.25 bits per heavy atom. The highest BCUT2D eigenvalue weighted by molar-refractivity contribution is 5.85. The molecule has 1 aromatic heterocycles. The summed E-state index contributed by atoms with van der Waals surface area (Å²) in [4.78, 5) is 16.0. The topological polar surface area (TPSA) is 48.4 Å². The molecular formula is C16H19NO3. The quantitative estimate of drug-likeness (QED) is 0.598. The van der Waals surface area contributed by atoms with E-state index in [4.69, 9.17) is 9.47 Å². The van der Waals surface area contributed by atoms with Gasteiger partial charge in [-0.2, -0.15) is 0 Å². The van der Waals surface area contributed by atoms with Crippen molar-refractivity contribution in [1.29, 1.82) is 0 Å². The van der Waals surface area contributed by atoms with Crippen LogP contribution in [0.25, 0.3) is 10.9 Å². The number of benzene rings is 1. The van der Waals surface area contributed by atoms with Crippen molar-refractivity contribution >= 4 is 16.9 Å². The molecule has 2 rings (SSSR count). The first-order chi connectivity index (χ1) is 9.70. The van der Waals surface area contributed by atoms with Gasteiger partial charge in [0.2, 0.25) is 0 Å². The number of nitrogens with zero attached hydrogens (tertiary/aromatic N) is 1. The van der Waals surface area contributed by atoms with Gasteiger partial charge >= 0.3 is 5.97 Å². The summed E-state index contributed by atoms with van der Waals surface area (Å²) in [7, 11) is 0. The predicted octanol–water partition coefficient (Wildman–Crippen LogP) is 3.27. The normalized spacial score (nSPS) is 10.5. The zero-order valence-electron chi connectivity index (χ0n) is 11.9. The molecule has 0 N–H and O–H groups in total. The molecule has 4 nitrogen and oxygen atoms in total. The van der Waals surface area contributed by atoms with Crippen LogP contribution in [0.3, 0.4) is 0 Å². The highest BCUT2D eigenvalue weighted by atomic mass is 16.6. The number of aryl methyl sites for hydroxylation is 1. The Labute approximate surface area is 118 Å². The summed E-state index contributed by atoms with van der Waals surface area (Å²) in [5.74, 6) is 0.266. The number of ether oxygens (including phenoxy) is 2. The van der Waals surface area contributed by atoms with Crippen LogP contribution in [-0.2, 0) is 9.53 Å². The number of aromatic nitrogens is 1. The number of para-hydroxylation sites is 1. The van der Waals surface area contributed by atoms with E-state index in [-0.39, 0.29) is 12.6 Å². The number of pyridine rings is 1. The SMILES string of the molecule is CCCCOC(=O)COc1cccc2ccc(C)nc12. The Bertz CT molecular complexity index is 595. The van der Waals surface area contributed by atoms with Crippen molar-refractivity contribution in [3.05, 3.63) is 36.0 Å². The third kappa shape index (κ3) is 3.70. The van der Waals surface area contributed by atoms with Gasteiger partial charge in [-0.1, -0.05) is 31.5 Å². The van der Waals surface area contributed by atoms with Crippen molar-refractivity contribution in [3.63, 3.8) is 0 Å². The standard InChI is InChI=1S/C16H19NO3/c1-3-4-10-19-15(18)11-20-14-7-5-6-13-9-8-12(2)17-16(13)14/h5-9H,3-4,10-11H2,1-2H3. The third-order valence-corrected chi connectivity index (χ3v) is 2.93. The second kappa shape index (κ2) is 6.89. The van der Waals surface area contributed by atoms with E-state index in [1.165, 1.54) is 0 Å². The smallest absolute Gasteiger partial charge is 0.344 e. The zero-order chi connectivity index (χ0) is 14.4. The third-order valence-electron chi connectivity index (χ3n) is 2.93. The molecule has 2 aromatic rings. The van der Waals surface area contributed by atoms with Crippen LogP contribution in [-0.4, -0.2) is 24.2 Å². The van der Waals surface area contributed by atoms with E-state index in [1.54, 1.807) is 0 Å². The van der Waals surface area contributed by atoms with Gasteiger partial charge in [0.1, 0.15) is 11.3 Å². The van der Waals surface area contributed by atoms with Gasteiger partial charge in [0.25, 0.3) is 0 Å². The number of hydrogen-bond donors (Lipinski definition) is 0. The molecule has 4 heteroatoms. The fourth-order valence-electron chi connectivity index (χ4n) is 1.84. The summed E-state index contributed by atoms with van der Waals surface area (Å²) in [6.07, 6.45) is 1.88. The fraction of sp³-hybridized carbons (Fsp3) is 0.375. The highest BCUT2D eigenvalue weighted by Gasteiger charge is 2.08. The van der Waals surface area contributed by atoms with Crippen LogP contribution in [0.2, 0.25) is 0 Å². The Hall–Kier alpha value is -2.10. The molecule has 0 aliphatic heterocycles. The highest BCUT2D eigenvalue weighted by Crippen LogP contribution is 2.23. The molecule has 1 aromatic carbocycles. The number of rotatable bonds is 6. The van der Waals surface area contributed by atoms with Crippen molar-refractivity contribution < 1.29 is 14.3 Å². The van der Waals surface area contributed by atoms with Gasteiger partial charge in [-0.25, -0.2) is 9.78 Å². The lowest BCUT2D eigenvalue weighted by atomic mass is 10.2. The van der Waals surface area contributed by atoms with E-state index in [9.17, 15) is 4.79 Å². The zero-order valence-corrected chi connectivity index (χ0v) is 11.9. The molecule has 106 valence electrons. The Morgan fingerprint density at radius 3 is 2.90 bits per heavy atom. The summed E-state index contributed by atoms with van der Waals surface area (Å²) >= 11 is 0. The average molecular weight is 273 g/mol. The van der Waals surface area contributed by atoms with E-state index in [0.717, 1.165) is 29.4 Å². The second-order valence-electron chi connectivity index (χ2n) is 4.64. The van der Waals surface area contributed by atoms with Crippen molar-refractivity contribution in [2.75, 3.05) is 13.2 Å². The van der Waals surface area contributed by atoms with E-state index in [2.05, 4.69) is 11.9 Å². The molecule has 0 fully saturated rings. The van der Waals surface area contributed by atoms with E-state index in [0.29, 0.717) is 12.4 Å². The largest absolute Gasteiger partial charge is 0.480 e. The predicted molar refractivity (Wildman–Crippen MR) is 77.8 cm³/mol. The molecule has 0 spiro atoms. The van der Waals surface area contributed by atoms with Gasteiger partial charge in [-0.15, -0.1) is 0 Å². The van der Waals surface area contributed by atoms with Crippen molar-refractivity contribution in [1.82, 2.24) is 4.98 Å². The lowest BCUT2D eigenvalue weighted by Crippen LogP contribution is -2.15. The summed E-state index contributed by atoms with van der Waals surface area (Å²) < 4.78 is 10.6. The van der Waals surface area contributed by atoms with Gasteiger partial charge in [-0.05, 0) is 25.5 Å². The maximum Gasteiger partial charge on any atom is 0.344 e. The van der Waals surface area contributed by atoms with Crippen LogP contribution in [0.1, 0.15) is 25.5 Å². The van der Waals surface area contributed by atoms with Crippen molar-refractivity contribution in [2.24, 2.45) is 0 Å². The van der Waals surface area contributed by atoms with Gasteiger partial charge in [0, 0.05) is 11.1 Å². The van der Waals surface area contributed by atoms with E-state index in [1.807, 2.05) is 37.3 Å². The molecule has 0 bridgehead atoms. The average Bonchev–Trinajstić information content (AvgIpc) is 2.45. The van der Waals surface area contributed by atoms with Crippen LogP contribution in [0.5, 0.6) is 5.75 Å². The summed E-state index contributed by atoms with van der Waals surface area (Å²) in [5.41, 5.74) is 1.69. The molecule has 0 amide bonds. The van der Waals surface area contributed by atoms with Gasteiger partial charge in [0.15, 0.2) is 6.61 Å². The number of esters is 1. The minimum atomic E-state index is -0.344. The number of carbonyl (C=O) groups excluding carboxylic acids is 1. The Kier molecular flexibility index (Phi) is 4.93. The Balaban J connectivity index is 2.02. The molecule has 1 heterocycles. The Morgan fingerprint density at radius 2 is 2.10 bits per heavy atom. The van der Waals surface area contributed by atoms with Crippen molar-refractivity contribution in [2.45, 2.75) is 26.7 Å². The molecule has 0 saturated carbocycles. The van der Waals surface area contributed by atoms with E-state index >= 15 is 0 Å². The van der Waals surface area contributed by atoms with Gasteiger partial charge in [0.05, 0.1) is 6.61 Å². The van der Waals surface area contributed by atoms with Gasteiger partial charge in [-0.3, -0.25) is 0 Å². The summed E-state index contributed by atoms with van der Waals surface area (Å²) in [6, 6.07) is 9.61. The fourth-order valence-corrected chi connectivity index (χ4v) is 1.84.